The van der Waals surface area contributed by atoms with E-state index in [-0.39, 0.29) is 0 Å². The van der Waals surface area contributed by atoms with Crippen LogP contribution in [0.4, 0.5) is 0 Å². The summed E-state index contributed by atoms with van der Waals surface area (Å²) in [6.07, 6.45) is 10.2. The van der Waals surface area contributed by atoms with E-state index in [9.17, 15) is 0 Å². The Morgan fingerprint density at radius 1 is 0.957 bits per heavy atom. The molecule has 1 aromatic rings. The maximum absolute atomic E-state index is 2.86. The Bertz CT molecular complexity index is 520. The van der Waals surface area contributed by atoms with Crippen molar-refractivity contribution >= 4 is 0 Å². The van der Waals surface area contributed by atoms with Crippen molar-refractivity contribution in [3.8, 4) is 0 Å². The lowest BCUT2D eigenvalue weighted by Crippen LogP contribution is -2.59. The van der Waals surface area contributed by atoms with E-state index in [0.29, 0.717) is 0 Å². The van der Waals surface area contributed by atoms with E-state index >= 15 is 0 Å². The van der Waals surface area contributed by atoms with Crippen molar-refractivity contribution in [1.29, 1.82) is 0 Å². The van der Waals surface area contributed by atoms with Gasteiger partial charge >= 0.3 is 0 Å². The van der Waals surface area contributed by atoms with Gasteiger partial charge in [0.25, 0.3) is 0 Å². The van der Waals surface area contributed by atoms with E-state index < -0.39 is 0 Å². The quantitative estimate of drug-likeness (QED) is 0.824. The molecule has 126 valence electrons. The Balaban J connectivity index is 1.55. The van der Waals surface area contributed by atoms with Crippen LogP contribution in [0.2, 0.25) is 0 Å². The highest BCUT2D eigenvalue weighted by Gasteiger charge is 2.42. The Morgan fingerprint density at radius 3 is 2.65 bits per heavy atom. The van der Waals surface area contributed by atoms with Gasteiger partial charge in [-0.15, -0.1) is 0 Å². The van der Waals surface area contributed by atoms with Gasteiger partial charge < -0.3 is 0 Å². The van der Waals surface area contributed by atoms with Gasteiger partial charge in [-0.2, -0.15) is 0 Å². The molecule has 0 aromatic heterocycles. The number of nitrogens with zero attached hydrogens (tertiary/aromatic N) is 2. The molecule has 0 bridgehead atoms. The molecular weight excluding hydrogens is 280 g/mol. The molecule has 2 heteroatoms. The number of fused-ring (bicyclic) bond motifs is 1. The van der Waals surface area contributed by atoms with Gasteiger partial charge in [0.2, 0.25) is 0 Å². The summed E-state index contributed by atoms with van der Waals surface area (Å²) in [5, 5.41) is 0. The first-order valence-electron chi connectivity index (χ1n) is 9.85. The van der Waals surface area contributed by atoms with Gasteiger partial charge in [-0.05, 0) is 50.6 Å². The zero-order chi connectivity index (χ0) is 15.6. The van der Waals surface area contributed by atoms with E-state index in [1.807, 2.05) is 0 Å². The average molecular weight is 313 g/mol. The lowest BCUT2D eigenvalue weighted by molar-refractivity contribution is -0.00380. The lowest BCUT2D eigenvalue weighted by atomic mass is 9.78. The van der Waals surface area contributed by atoms with Gasteiger partial charge in [0, 0.05) is 31.7 Å². The second kappa shape index (κ2) is 6.94. The molecule has 2 saturated heterocycles. The highest BCUT2D eigenvalue weighted by molar-refractivity contribution is 5.22. The smallest absolute Gasteiger partial charge is 0.0283 e. The van der Waals surface area contributed by atoms with Gasteiger partial charge in [0.1, 0.15) is 0 Å². The summed E-state index contributed by atoms with van der Waals surface area (Å²) in [6.45, 7) is 7.29. The largest absolute Gasteiger partial charge is 0.298 e. The van der Waals surface area contributed by atoms with E-state index in [1.165, 1.54) is 75.7 Å². The molecule has 0 N–H and O–H groups in total. The lowest BCUT2D eigenvalue weighted by Gasteiger charge is -2.49. The fourth-order valence-electron chi connectivity index (χ4n) is 5.48. The van der Waals surface area contributed by atoms with Gasteiger partial charge in [-0.3, -0.25) is 9.80 Å². The van der Waals surface area contributed by atoms with Crippen LogP contribution >= 0.6 is 0 Å². The topological polar surface area (TPSA) is 6.48 Å². The SMILES string of the molecule is Cc1cccc(CN2CCN3CCC[C@@H]3[C@@H]2C2CCCCC2)c1. The Kier molecular flexibility index (Phi) is 4.73. The first kappa shape index (κ1) is 15.7. The zero-order valence-corrected chi connectivity index (χ0v) is 14.7. The van der Waals surface area contributed by atoms with Crippen molar-refractivity contribution in [1.82, 2.24) is 9.80 Å². The van der Waals surface area contributed by atoms with Crippen LogP contribution in [0.1, 0.15) is 56.1 Å². The fraction of sp³-hybridized carbons (Fsp3) is 0.714. The standard InChI is InChI=1S/C21H32N2/c1-17-7-5-8-18(15-17)16-23-14-13-22-12-6-11-20(22)21(23)19-9-3-2-4-10-19/h5,7-8,15,19-21H,2-4,6,9-14,16H2,1H3/t20-,21+/m1/s1. The molecule has 0 unspecified atom stereocenters. The van der Waals surface area contributed by atoms with Crippen molar-refractivity contribution in [2.45, 2.75) is 70.5 Å². The molecule has 2 heterocycles. The second-order valence-electron chi connectivity index (χ2n) is 8.09. The van der Waals surface area contributed by atoms with Crippen LogP contribution in [0.15, 0.2) is 24.3 Å². The van der Waals surface area contributed by atoms with Crippen molar-refractivity contribution in [3.05, 3.63) is 35.4 Å². The molecule has 0 spiro atoms. The third kappa shape index (κ3) is 3.34. The van der Waals surface area contributed by atoms with Crippen LogP contribution in [0.3, 0.4) is 0 Å². The van der Waals surface area contributed by atoms with Crippen molar-refractivity contribution in [3.63, 3.8) is 0 Å². The highest BCUT2D eigenvalue weighted by atomic mass is 15.3. The normalized spacial score (nSPS) is 30.5. The summed E-state index contributed by atoms with van der Waals surface area (Å²) in [6, 6.07) is 10.8. The molecule has 0 amide bonds. The molecule has 1 aliphatic carbocycles. The average Bonchev–Trinajstić information content (AvgIpc) is 3.04. The van der Waals surface area contributed by atoms with Crippen LogP contribution in [0, 0.1) is 12.8 Å². The number of hydrogen-bond donors (Lipinski definition) is 0. The minimum Gasteiger partial charge on any atom is -0.298 e. The predicted octanol–water partition coefficient (Wildman–Crippen LogP) is 4.22. The third-order valence-corrected chi connectivity index (χ3v) is 6.51. The molecule has 2 nitrogen and oxygen atoms in total. The molecule has 4 rings (SSSR count). The van der Waals surface area contributed by atoms with Gasteiger partial charge in [0.05, 0.1) is 0 Å². The predicted molar refractivity (Wildman–Crippen MR) is 96.5 cm³/mol. The van der Waals surface area contributed by atoms with Crippen LogP contribution < -0.4 is 0 Å². The van der Waals surface area contributed by atoms with Gasteiger partial charge in [0.15, 0.2) is 0 Å². The minimum atomic E-state index is 0.812. The summed E-state index contributed by atoms with van der Waals surface area (Å²) in [4.78, 5) is 5.67. The zero-order valence-electron chi connectivity index (χ0n) is 14.7. The van der Waals surface area contributed by atoms with Crippen LogP contribution in [-0.4, -0.2) is 41.5 Å². The maximum atomic E-state index is 2.86. The van der Waals surface area contributed by atoms with Gasteiger partial charge in [-0.1, -0.05) is 49.1 Å². The summed E-state index contributed by atoms with van der Waals surface area (Å²) in [5.74, 6) is 0.944. The number of piperazine rings is 1. The number of rotatable bonds is 3. The van der Waals surface area contributed by atoms with Crippen LogP contribution in [0.25, 0.3) is 0 Å². The molecule has 0 radical (unpaired) electrons. The van der Waals surface area contributed by atoms with Crippen molar-refractivity contribution in [2.24, 2.45) is 5.92 Å². The summed E-state index contributed by atoms with van der Waals surface area (Å²) < 4.78 is 0. The maximum Gasteiger partial charge on any atom is 0.0283 e. The molecule has 2 atom stereocenters. The summed E-state index contributed by atoms with van der Waals surface area (Å²) in [5.41, 5.74) is 2.91. The summed E-state index contributed by atoms with van der Waals surface area (Å²) in [7, 11) is 0. The molecule has 1 saturated carbocycles. The van der Waals surface area contributed by atoms with E-state index in [4.69, 9.17) is 0 Å². The minimum absolute atomic E-state index is 0.812. The van der Waals surface area contributed by atoms with E-state index in [2.05, 4.69) is 41.0 Å². The van der Waals surface area contributed by atoms with Gasteiger partial charge in [-0.25, -0.2) is 0 Å². The van der Waals surface area contributed by atoms with Crippen molar-refractivity contribution < 1.29 is 0 Å². The first-order chi connectivity index (χ1) is 11.3. The first-order valence-corrected chi connectivity index (χ1v) is 9.85. The number of hydrogen-bond acceptors (Lipinski definition) is 2. The Morgan fingerprint density at radius 2 is 1.83 bits per heavy atom. The second-order valence-corrected chi connectivity index (χ2v) is 8.09. The van der Waals surface area contributed by atoms with E-state index in [0.717, 1.165) is 24.5 Å². The van der Waals surface area contributed by atoms with E-state index in [1.54, 1.807) is 0 Å². The Labute approximate surface area is 141 Å². The van der Waals surface area contributed by atoms with Crippen LogP contribution in [0.5, 0.6) is 0 Å². The fourth-order valence-corrected chi connectivity index (χ4v) is 5.48. The molecule has 3 aliphatic rings. The molecule has 1 aromatic carbocycles. The molecule has 3 fully saturated rings. The molecule has 23 heavy (non-hydrogen) atoms. The molecule has 2 aliphatic heterocycles. The number of aryl methyl sites for hydroxylation is 1. The molecular formula is C21H32N2. The Hall–Kier alpha value is -0.860. The summed E-state index contributed by atoms with van der Waals surface area (Å²) >= 11 is 0. The van der Waals surface area contributed by atoms with Crippen LogP contribution in [-0.2, 0) is 6.54 Å². The number of benzene rings is 1. The monoisotopic (exact) mass is 312 g/mol. The highest BCUT2D eigenvalue weighted by Crippen LogP contribution is 2.38. The third-order valence-electron chi connectivity index (χ3n) is 6.51. The van der Waals surface area contributed by atoms with Crippen molar-refractivity contribution in [2.75, 3.05) is 19.6 Å².